The zero-order chi connectivity index (χ0) is 11.4. The Labute approximate surface area is 84.1 Å². The maximum Gasteiger partial charge on any atom is 0.390 e. The number of rotatable bonds is 4. The van der Waals surface area contributed by atoms with E-state index in [0.717, 1.165) is 0 Å². The van der Waals surface area contributed by atoms with E-state index in [4.69, 9.17) is 0 Å². The molecule has 1 nitrogen and oxygen atoms in total. The molecule has 0 radical (unpaired) electrons. The molecule has 0 aliphatic heterocycles. The average molecular weight is 211 g/mol. The molecule has 0 fully saturated rings. The third-order valence-electron chi connectivity index (χ3n) is 2.51. The number of hydrogen-bond donors (Lipinski definition) is 1. The zero-order valence-corrected chi connectivity index (χ0v) is 9.33. The maximum atomic E-state index is 11.8. The van der Waals surface area contributed by atoms with Gasteiger partial charge in [0.2, 0.25) is 0 Å². The van der Waals surface area contributed by atoms with Crippen molar-refractivity contribution in [2.75, 3.05) is 13.1 Å². The Morgan fingerprint density at radius 3 is 2.00 bits per heavy atom. The molecule has 0 spiro atoms. The summed E-state index contributed by atoms with van der Waals surface area (Å²) >= 11 is 0. The van der Waals surface area contributed by atoms with E-state index in [-0.39, 0.29) is 12.0 Å². The van der Waals surface area contributed by atoms with Crippen LogP contribution in [0.4, 0.5) is 13.2 Å². The third kappa shape index (κ3) is 7.18. The molecule has 14 heavy (non-hydrogen) atoms. The van der Waals surface area contributed by atoms with Gasteiger partial charge in [0.05, 0.1) is 6.42 Å². The number of halogens is 3. The summed E-state index contributed by atoms with van der Waals surface area (Å²) in [6.45, 7) is 8.96. The van der Waals surface area contributed by atoms with E-state index in [9.17, 15) is 13.2 Å². The fourth-order valence-electron chi connectivity index (χ4n) is 0.855. The van der Waals surface area contributed by atoms with Crippen molar-refractivity contribution in [1.29, 1.82) is 0 Å². The number of nitrogens with one attached hydrogen (secondary N) is 1. The first-order chi connectivity index (χ1) is 6.13. The minimum absolute atomic E-state index is 0.0178. The van der Waals surface area contributed by atoms with E-state index < -0.39 is 12.6 Å². The SMILES string of the molecule is CC(CNCCC(F)(F)F)C(C)(C)C. The summed E-state index contributed by atoms with van der Waals surface area (Å²) in [5.41, 5.74) is 0.144. The smallest absolute Gasteiger partial charge is 0.316 e. The molecule has 4 heteroatoms. The molecule has 0 bridgehead atoms. The van der Waals surface area contributed by atoms with Gasteiger partial charge in [-0.25, -0.2) is 0 Å². The predicted molar refractivity (Wildman–Crippen MR) is 52.2 cm³/mol. The second kappa shape index (κ2) is 5.01. The fraction of sp³-hybridized carbons (Fsp3) is 1.00. The largest absolute Gasteiger partial charge is 0.390 e. The minimum atomic E-state index is -4.04. The summed E-state index contributed by atoms with van der Waals surface area (Å²) in [5, 5.41) is 2.83. The lowest BCUT2D eigenvalue weighted by atomic mass is 9.82. The van der Waals surface area contributed by atoms with Gasteiger partial charge in [-0.2, -0.15) is 13.2 Å². The lowest BCUT2D eigenvalue weighted by Gasteiger charge is -2.27. The van der Waals surface area contributed by atoms with Crippen molar-refractivity contribution in [3.63, 3.8) is 0 Å². The average Bonchev–Trinajstić information content (AvgIpc) is 1.93. The fourth-order valence-corrected chi connectivity index (χ4v) is 0.855. The van der Waals surface area contributed by atoms with Gasteiger partial charge in [0.25, 0.3) is 0 Å². The lowest BCUT2D eigenvalue weighted by molar-refractivity contribution is -0.133. The third-order valence-corrected chi connectivity index (χ3v) is 2.51. The molecular weight excluding hydrogens is 191 g/mol. The summed E-state index contributed by atoms with van der Waals surface area (Å²) < 4.78 is 35.3. The van der Waals surface area contributed by atoms with Gasteiger partial charge in [0.1, 0.15) is 0 Å². The van der Waals surface area contributed by atoms with Crippen molar-refractivity contribution < 1.29 is 13.2 Å². The highest BCUT2D eigenvalue weighted by molar-refractivity contribution is 4.72. The quantitative estimate of drug-likeness (QED) is 0.704. The lowest BCUT2D eigenvalue weighted by Crippen LogP contribution is -2.31. The van der Waals surface area contributed by atoms with Gasteiger partial charge in [0.15, 0.2) is 0 Å². The predicted octanol–water partition coefficient (Wildman–Crippen LogP) is 3.21. The van der Waals surface area contributed by atoms with E-state index >= 15 is 0 Å². The molecule has 86 valence electrons. The van der Waals surface area contributed by atoms with Crippen LogP contribution in [0.1, 0.15) is 34.1 Å². The molecule has 0 aromatic rings. The van der Waals surface area contributed by atoms with Crippen LogP contribution < -0.4 is 5.32 Å². The Balaban J connectivity index is 3.56. The molecule has 1 N–H and O–H groups in total. The van der Waals surface area contributed by atoms with E-state index in [0.29, 0.717) is 12.5 Å². The summed E-state index contributed by atoms with van der Waals surface area (Å²) in [7, 11) is 0. The monoisotopic (exact) mass is 211 g/mol. The highest BCUT2D eigenvalue weighted by atomic mass is 19.4. The van der Waals surface area contributed by atoms with Gasteiger partial charge in [0, 0.05) is 6.54 Å². The summed E-state index contributed by atoms with van der Waals surface area (Å²) in [5.74, 6) is 0.371. The molecule has 0 rings (SSSR count). The molecule has 0 saturated heterocycles. The highest BCUT2D eigenvalue weighted by Gasteiger charge is 2.26. The van der Waals surface area contributed by atoms with Crippen LogP contribution in [0.25, 0.3) is 0 Å². The van der Waals surface area contributed by atoms with E-state index in [1.54, 1.807) is 0 Å². The maximum absolute atomic E-state index is 11.8. The molecule has 0 aromatic carbocycles. The Morgan fingerprint density at radius 1 is 1.14 bits per heavy atom. The van der Waals surface area contributed by atoms with E-state index in [2.05, 4.69) is 26.1 Å². The van der Waals surface area contributed by atoms with Gasteiger partial charge in [-0.3, -0.25) is 0 Å². The second-order valence-electron chi connectivity index (χ2n) is 4.84. The van der Waals surface area contributed by atoms with Crippen LogP contribution in [-0.4, -0.2) is 19.3 Å². The summed E-state index contributed by atoms with van der Waals surface area (Å²) in [6.07, 6.45) is -4.79. The van der Waals surface area contributed by atoms with Gasteiger partial charge >= 0.3 is 6.18 Å². The van der Waals surface area contributed by atoms with Gasteiger partial charge in [-0.1, -0.05) is 27.7 Å². The minimum Gasteiger partial charge on any atom is -0.316 e. The highest BCUT2D eigenvalue weighted by Crippen LogP contribution is 2.24. The first kappa shape index (κ1) is 13.8. The van der Waals surface area contributed by atoms with Crippen LogP contribution in [0.3, 0.4) is 0 Å². The van der Waals surface area contributed by atoms with Crippen LogP contribution in [0.2, 0.25) is 0 Å². The van der Waals surface area contributed by atoms with Gasteiger partial charge < -0.3 is 5.32 Å². The Kier molecular flexibility index (Phi) is 4.92. The molecule has 0 aliphatic carbocycles. The molecular formula is C10H20F3N. The van der Waals surface area contributed by atoms with Crippen molar-refractivity contribution in [2.45, 2.75) is 40.3 Å². The van der Waals surface area contributed by atoms with Gasteiger partial charge in [-0.15, -0.1) is 0 Å². The van der Waals surface area contributed by atoms with Crippen molar-refractivity contribution in [2.24, 2.45) is 11.3 Å². The molecule has 1 atom stereocenters. The normalized spacial score (nSPS) is 15.6. The van der Waals surface area contributed by atoms with E-state index in [1.165, 1.54) is 0 Å². The molecule has 0 aliphatic rings. The Bertz CT molecular complexity index is 158. The van der Waals surface area contributed by atoms with Crippen LogP contribution >= 0.6 is 0 Å². The summed E-state index contributed by atoms with van der Waals surface area (Å²) in [6, 6.07) is 0. The first-order valence-electron chi connectivity index (χ1n) is 4.90. The zero-order valence-electron chi connectivity index (χ0n) is 9.33. The van der Waals surface area contributed by atoms with Crippen molar-refractivity contribution >= 4 is 0 Å². The van der Waals surface area contributed by atoms with Crippen molar-refractivity contribution in [3.05, 3.63) is 0 Å². The molecule has 0 saturated carbocycles. The molecule has 0 amide bonds. The molecule has 0 aromatic heterocycles. The van der Waals surface area contributed by atoms with Gasteiger partial charge in [-0.05, 0) is 17.9 Å². The topological polar surface area (TPSA) is 12.0 Å². The first-order valence-corrected chi connectivity index (χ1v) is 4.90. The molecule has 0 heterocycles. The van der Waals surface area contributed by atoms with Crippen LogP contribution in [0.15, 0.2) is 0 Å². The number of hydrogen-bond acceptors (Lipinski definition) is 1. The van der Waals surface area contributed by atoms with Crippen LogP contribution in [-0.2, 0) is 0 Å². The summed E-state index contributed by atoms with van der Waals surface area (Å²) in [4.78, 5) is 0. The number of alkyl halides is 3. The standard InChI is InChI=1S/C10H20F3N/c1-8(9(2,3)4)7-14-6-5-10(11,12)13/h8,14H,5-7H2,1-4H3. The van der Waals surface area contributed by atoms with Crippen LogP contribution in [0.5, 0.6) is 0 Å². The van der Waals surface area contributed by atoms with E-state index in [1.807, 2.05) is 6.92 Å². The van der Waals surface area contributed by atoms with Crippen molar-refractivity contribution in [3.8, 4) is 0 Å². The molecule has 1 unspecified atom stereocenters. The Hall–Kier alpha value is -0.250. The Morgan fingerprint density at radius 2 is 1.64 bits per heavy atom. The van der Waals surface area contributed by atoms with Crippen LogP contribution in [0, 0.1) is 11.3 Å². The van der Waals surface area contributed by atoms with Crippen molar-refractivity contribution in [1.82, 2.24) is 5.32 Å². The second-order valence-corrected chi connectivity index (χ2v) is 4.84.